The second-order valence-corrected chi connectivity index (χ2v) is 9.37. The van der Waals surface area contributed by atoms with E-state index in [0.717, 1.165) is 0 Å². The fourth-order valence-corrected chi connectivity index (χ4v) is 3.77. The lowest BCUT2D eigenvalue weighted by Gasteiger charge is -2.40. The van der Waals surface area contributed by atoms with E-state index >= 15 is 0 Å². The lowest BCUT2D eigenvalue weighted by atomic mass is 9.99. The summed E-state index contributed by atoms with van der Waals surface area (Å²) in [6.07, 6.45) is -16.6. The van der Waals surface area contributed by atoms with Crippen LogP contribution in [0.1, 0.15) is 0 Å². The molecule has 1 fully saturated rings. The van der Waals surface area contributed by atoms with E-state index in [4.69, 9.17) is 9.47 Å². The van der Waals surface area contributed by atoms with Gasteiger partial charge in [0.2, 0.25) is 5.91 Å². The van der Waals surface area contributed by atoms with E-state index < -0.39 is 86.7 Å². The summed E-state index contributed by atoms with van der Waals surface area (Å²) < 4.78 is 10.2. The van der Waals surface area contributed by atoms with Crippen molar-refractivity contribution in [2.45, 2.75) is 55.1 Å². The number of benzene rings is 2. The Hall–Kier alpha value is -3.42. The molecule has 10 N–H and O–H groups in total. The van der Waals surface area contributed by atoms with Gasteiger partial charge >= 0.3 is 0 Å². The highest BCUT2D eigenvalue weighted by atomic mass is 16.7. The Morgan fingerprint density at radius 3 is 2.10 bits per heavy atom. The molecule has 2 amide bonds. The summed E-state index contributed by atoms with van der Waals surface area (Å²) in [5.41, 5.74) is 1.58. The maximum absolute atomic E-state index is 12.2. The number of anilines is 1. The molecule has 3 rings (SSSR count). The number of hydrogen-bond donors (Lipinski definition) is 10. The van der Waals surface area contributed by atoms with Gasteiger partial charge in [0.05, 0.1) is 31.1 Å². The molecule has 0 bridgehead atoms. The zero-order valence-electron chi connectivity index (χ0n) is 22.1. The first-order chi connectivity index (χ1) is 20.0. The maximum atomic E-state index is 12.2. The molecule has 1 saturated heterocycles. The molecule has 0 aliphatic carbocycles. The number of azo groups is 1. The number of nitrogens with zero attached hydrogens (tertiary/aromatic N) is 2. The highest BCUT2D eigenvalue weighted by molar-refractivity contribution is 5.95. The van der Waals surface area contributed by atoms with Crippen LogP contribution in [-0.2, 0) is 19.1 Å². The molecule has 9 atom stereocenters. The molecule has 1 aliphatic rings. The predicted molar refractivity (Wildman–Crippen MR) is 142 cm³/mol. The van der Waals surface area contributed by atoms with E-state index in [1.807, 2.05) is 18.2 Å². The van der Waals surface area contributed by atoms with Crippen molar-refractivity contribution in [3.8, 4) is 0 Å². The molecule has 16 nitrogen and oxygen atoms in total. The molecule has 230 valence electrons. The van der Waals surface area contributed by atoms with Crippen molar-refractivity contribution in [1.29, 1.82) is 0 Å². The molecule has 5 unspecified atom stereocenters. The molecule has 0 radical (unpaired) electrons. The Labute approximate surface area is 239 Å². The van der Waals surface area contributed by atoms with E-state index in [1.54, 1.807) is 36.4 Å². The molecule has 0 spiro atoms. The van der Waals surface area contributed by atoms with Crippen molar-refractivity contribution in [2.75, 3.05) is 25.1 Å². The Morgan fingerprint density at radius 1 is 0.857 bits per heavy atom. The molecule has 1 aliphatic heterocycles. The number of aliphatic hydroxyl groups excluding tert-OH is 8. The molecular weight excluding hydrogens is 560 g/mol. The largest absolute Gasteiger partial charge is 0.394 e. The Bertz CT molecular complexity index is 1170. The lowest BCUT2D eigenvalue weighted by molar-refractivity contribution is -0.306. The number of rotatable bonds is 13. The van der Waals surface area contributed by atoms with Crippen molar-refractivity contribution in [1.82, 2.24) is 5.32 Å². The van der Waals surface area contributed by atoms with Gasteiger partial charge < -0.3 is 61.0 Å². The van der Waals surface area contributed by atoms with E-state index in [9.17, 15) is 50.4 Å². The standard InChI is InChI=1S/C26H34N4O12/c31-11-17-20(35)22(37)24(39)26(42-17)41-12-16(32)19(34)21(36)23(38)25(40)27-10-18(33)28-13-6-8-15(9-7-13)30-29-14-4-2-1-3-5-14/h1-9,16-17,19-24,26,31-32,34-39H,10-12H2,(H,27,40)(H,28,33)/t16?,17-,19?,20+,21?,22+,23?,24-,26?/m1/s1. The summed E-state index contributed by atoms with van der Waals surface area (Å²) in [6, 6.07) is 15.4. The Kier molecular flexibility index (Phi) is 12.4. The summed E-state index contributed by atoms with van der Waals surface area (Å²) in [5.74, 6) is -1.90. The molecule has 0 saturated carbocycles. The van der Waals surface area contributed by atoms with Crippen LogP contribution >= 0.6 is 0 Å². The van der Waals surface area contributed by atoms with Gasteiger partial charge in [0.15, 0.2) is 12.4 Å². The van der Waals surface area contributed by atoms with Gasteiger partial charge in [-0.3, -0.25) is 9.59 Å². The second-order valence-electron chi connectivity index (χ2n) is 9.37. The van der Waals surface area contributed by atoms with E-state index in [-0.39, 0.29) is 0 Å². The minimum Gasteiger partial charge on any atom is -0.394 e. The Balaban J connectivity index is 1.42. The van der Waals surface area contributed by atoms with Crippen LogP contribution in [0.3, 0.4) is 0 Å². The van der Waals surface area contributed by atoms with Gasteiger partial charge in [0, 0.05) is 5.69 Å². The average Bonchev–Trinajstić information content (AvgIpc) is 3.01. The van der Waals surface area contributed by atoms with Crippen LogP contribution in [-0.4, -0.2) is 128 Å². The van der Waals surface area contributed by atoms with Gasteiger partial charge in [0.1, 0.15) is 42.7 Å². The summed E-state index contributed by atoms with van der Waals surface area (Å²) >= 11 is 0. The van der Waals surface area contributed by atoms with Crippen LogP contribution in [0.5, 0.6) is 0 Å². The third-order valence-electron chi connectivity index (χ3n) is 6.23. The van der Waals surface area contributed by atoms with Crippen molar-refractivity contribution in [2.24, 2.45) is 10.2 Å². The normalized spacial score (nSPS) is 25.4. The van der Waals surface area contributed by atoms with Crippen LogP contribution in [0.15, 0.2) is 64.8 Å². The van der Waals surface area contributed by atoms with Crippen molar-refractivity contribution >= 4 is 28.9 Å². The molecule has 2 aromatic carbocycles. The van der Waals surface area contributed by atoms with Gasteiger partial charge in [-0.05, 0) is 36.4 Å². The third-order valence-corrected chi connectivity index (χ3v) is 6.23. The summed E-state index contributed by atoms with van der Waals surface area (Å²) in [5, 5.41) is 91.9. The number of carbonyl (C=O) groups is 2. The van der Waals surface area contributed by atoms with E-state index in [0.29, 0.717) is 17.1 Å². The molecular formula is C26H34N4O12. The van der Waals surface area contributed by atoms with Crippen LogP contribution in [0, 0.1) is 0 Å². The van der Waals surface area contributed by atoms with Crippen molar-refractivity contribution in [3.05, 3.63) is 54.6 Å². The topological polar surface area (TPSA) is 263 Å². The number of hydrogen-bond acceptors (Lipinski definition) is 14. The van der Waals surface area contributed by atoms with Crippen molar-refractivity contribution < 1.29 is 59.9 Å². The van der Waals surface area contributed by atoms with E-state index in [2.05, 4.69) is 20.9 Å². The summed E-state index contributed by atoms with van der Waals surface area (Å²) in [6.45, 7) is -2.14. The van der Waals surface area contributed by atoms with Crippen LogP contribution in [0.25, 0.3) is 0 Å². The minimum atomic E-state index is -2.26. The van der Waals surface area contributed by atoms with Crippen LogP contribution < -0.4 is 10.6 Å². The van der Waals surface area contributed by atoms with Crippen LogP contribution in [0.4, 0.5) is 17.1 Å². The number of carbonyl (C=O) groups excluding carboxylic acids is 2. The average molecular weight is 595 g/mol. The zero-order valence-corrected chi connectivity index (χ0v) is 22.1. The van der Waals surface area contributed by atoms with Crippen LogP contribution in [0.2, 0.25) is 0 Å². The van der Waals surface area contributed by atoms with Gasteiger partial charge in [-0.15, -0.1) is 0 Å². The number of aliphatic hydroxyl groups is 8. The fraction of sp³-hybridized carbons (Fsp3) is 0.462. The van der Waals surface area contributed by atoms with E-state index in [1.165, 1.54) is 0 Å². The Morgan fingerprint density at radius 2 is 1.48 bits per heavy atom. The highest BCUT2D eigenvalue weighted by Gasteiger charge is 2.44. The predicted octanol–water partition coefficient (Wildman–Crippen LogP) is -2.58. The van der Waals surface area contributed by atoms with Gasteiger partial charge in [-0.1, -0.05) is 18.2 Å². The number of amides is 2. The van der Waals surface area contributed by atoms with Gasteiger partial charge in [0.25, 0.3) is 5.91 Å². The first-order valence-electron chi connectivity index (χ1n) is 12.8. The number of nitrogens with one attached hydrogen (secondary N) is 2. The quantitative estimate of drug-likeness (QED) is 0.107. The summed E-state index contributed by atoms with van der Waals surface area (Å²) in [7, 11) is 0. The van der Waals surface area contributed by atoms with Crippen molar-refractivity contribution in [3.63, 3.8) is 0 Å². The molecule has 42 heavy (non-hydrogen) atoms. The molecule has 16 heteroatoms. The smallest absolute Gasteiger partial charge is 0.252 e. The second kappa shape index (κ2) is 15.7. The van der Waals surface area contributed by atoms with Gasteiger partial charge in [-0.25, -0.2) is 0 Å². The monoisotopic (exact) mass is 594 g/mol. The number of ether oxygens (including phenoxy) is 2. The maximum Gasteiger partial charge on any atom is 0.252 e. The first-order valence-corrected chi connectivity index (χ1v) is 12.8. The van der Waals surface area contributed by atoms with Gasteiger partial charge in [-0.2, -0.15) is 10.2 Å². The third kappa shape index (κ3) is 9.04. The fourth-order valence-electron chi connectivity index (χ4n) is 3.77. The first kappa shape index (κ1) is 33.1. The minimum absolute atomic E-state index is 0.381. The highest BCUT2D eigenvalue weighted by Crippen LogP contribution is 2.23. The zero-order chi connectivity index (χ0) is 30.8. The SMILES string of the molecule is O=C(CNC(=O)C(O)C(O)C(O)C(O)COC1O[C@H](CO)[C@H](O)[C@H](O)[C@H]1O)Nc1ccc(N=Nc2ccccc2)cc1. The molecule has 1 heterocycles. The lowest BCUT2D eigenvalue weighted by Crippen LogP contribution is -2.59. The molecule has 2 aromatic rings. The molecule has 0 aromatic heterocycles. The summed E-state index contributed by atoms with van der Waals surface area (Å²) in [4.78, 5) is 24.4.